The maximum Gasteiger partial charge on any atom is 0.387 e. The third-order valence-electron chi connectivity index (χ3n) is 3.16. The largest absolute Gasteiger partial charge is 0.433 e. The highest BCUT2D eigenvalue weighted by atomic mass is 35.5. The molecule has 1 aromatic heterocycles. The second-order valence-electron chi connectivity index (χ2n) is 4.58. The zero-order chi connectivity index (χ0) is 13.8. The molecule has 1 aliphatic carbocycles. The van der Waals surface area contributed by atoms with E-state index in [1.54, 1.807) is 5.38 Å². The van der Waals surface area contributed by atoms with E-state index in [1.165, 1.54) is 6.07 Å². The number of ether oxygens (including phenoxy) is 1. The van der Waals surface area contributed by atoms with Crippen LogP contribution >= 0.6 is 23.7 Å². The number of hydrogen-bond donors (Lipinski definition) is 2. The van der Waals surface area contributed by atoms with E-state index in [0.29, 0.717) is 0 Å². The third kappa shape index (κ3) is 4.57. The van der Waals surface area contributed by atoms with Crippen LogP contribution in [-0.2, 0) is 0 Å². The van der Waals surface area contributed by atoms with Crippen LogP contribution in [0, 0.1) is 0 Å². The van der Waals surface area contributed by atoms with Gasteiger partial charge < -0.3 is 15.8 Å². The molecule has 1 aromatic rings. The van der Waals surface area contributed by atoms with Gasteiger partial charge in [-0.2, -0.15) is 8.78 Å². The fourth-order valence-electron chi connectivity index (χ4n) is 2.17. The molecule has 1 fully saturated rings. The lowest BCUT2D eigenvalue weighted by Crippen LogP contribution is -2.40. The molecule has 0 atom stereocenters. The van der Waals surface area contributed by atoms with Crippen molar-refractivity contribution in [1.29, 1.82) is 0 Å². The third-order valence-corrected chi connectivity index (χ3v) is 4.05. The average molecular weight is 327 g/mol. The summed E-state index contributed by atoms with van der Waals surface area (Å²) in [5.41, 5.74) is 5.79. The summed E-state index contributed by atoms with van der Waals surface area (Å²) in [7, 11) is 0. The number of rotatable bonds is 4. The van der Waals surface area contributed by atoms with Gasteiger partial charge in [-0.3, -0.25) is 4.79 Å². The van der Waals surface area contributed by atoms with Crippen molar-refractivity contribution in [2.45, 2.75) is 44.4 Å². The maximum absolute atomic E-state index is 12.2. The first-order valence-corrected chi connectivity index (χ1v) is 7.03. The number of hydrogen-bond acceptors (Lipinski definition) is 4. The Morgan fingerprint density at radius 1 is 1.40 bits per heavy atom. The summed E-state index contributed by atoms with van der Waals surface area (Å²) in [5, 5.41) is 4.41. The van der Waals surface area contributed by atoms with E-state index in [0.717, 1.165) is 37.0 Å². The van der Waals surface area contributed by atoms with E-state index in [-0.39, 0.29) is 41.0 Å². The van der Waals surface area contributed by atoms with Gasteiger partial charge in [0.1, 0.15) is 10.6 Å². The Hall–Kier alpha value is -0.920. The van der Waals surface area contributed by atoms with E-state index in [1.807, 2.05) is 0 Å². The first kappa shape index (κ1) is 17.1. The van der Waals surface area contributed by atoms with E-state index in [2.05, 4.69) is 10.1 Å². The summed E-state index contributed by atoms with van der Waals surface area (Å²) >= 11 is 1.09. The van der Waals surface area contributed by atoms with Crippen molar-refractivity contribution in [2.24, 2.45) is 5.73 Å². The summed E-state index contributed by atoms with van der Waals surface area (Å²) < 4.78 is 28.7. The zero-order valence-electron chi connectivity index (χ0n) is 10.7. The molecular weight excluding hydrogens is 310 g/mol. The molecule has 0 aromatic carbocycles. The molecule has 20 heavy (non-hydrogen) atoms. The number of nitrogens with one attached hydrogen (secondary N) is 1. The van der Waals surface area contributed by atoms with Gasteiger partial charge in [0, 0.05) is 12.1 Å². The predicted molar refractivity (Wildman–Crippen MR) is 75.9 cm³/mol. The van der Waals surface area contributed by atoms with E-state index >= 15 is 0 Å². The smallest absolute Gasteiger partial charge is 0.387 e. The van der Waals surface area contributed by atoms with Gasteiger partial charge in [-0.05, 0) is 37.1 Å². The van der Waals surface area contributed by atoms with Crippen LogP contribution in [0.15, 0.2) is 11.4 Å². The van der Waals surface area contributed by atoms with E-state index in [4.69, 9.17) is 5.73 Å². The fraction of sp³-hybridized carbons (Fsp3) is 0.583. The molecular formula is C12H17ClF2N2O2S. The predicted octanol–water partition coefficient (Wildman–Crippen LogP) is 2.77. The second kappa shape index (κ2) is 7.75. The molecule has 8 heteroatoms. The van der Waals surface area contributed by atoms with Crippen LogP contribution in [-0.4, -0.2) is 24.6 Å². The van der Waals surface area contributed by atoms with Crippen LogP contribution in [0.25, 0.3) is 0 Å². The molecule has 0 spiro atoms. The molecule has 1 aliphatic rings. The SMILES string of the molecule is Cl.NC1CCC(NC(=O)c2sccc2OC(F)F)CC1. The summed E-state index contributed by atoms with van der Waals surface area (Å²) in [6, 6.07) is 1.64. The van der Waals surface area contributed by atoms with Gasteiger partial charge in [0.2, 0.25) is 0 Å². The van der Waals surface area contributed by atoms with Crippen molar-refractivity contribution in [1.82, 2.24) is 5.32 Å². The maximum atomic E-state index is 12.2. The van der Waals surface area contributed by atoms with Crippen molar-refractivity contribution in [3.8, 4) is 5.75 Å². The number of carbonyl (C=O) groups is 1. The average Bonchev–Trinajstić information content (AvgIpc) is 2.79. The first-order valence-electron chi connectivity index (χ1n) is 6.15. The molecule has 4 nitrogen and oxygen atoms in total. The van der Waals surface area contributed by atoms with Gasteiger partial charge in [0.25, 0.3) is 5.91 Å². The van der Waals surface area contributed by atoms with Crippen LogP contribution in [0.2, 0.25) is 0 Å². The van der Waals surface area contributed by atoms with Crippen LogP contribution in [0.3, 0.4) is 0 Å². The van der Waals surface area contributed by atoms with Gasteiger partial charge in [-0.1, -0.05) is 0 Å². The van der Waals surface area contributed by atoms with Gasteiger partial charge in [-0.25, -0.2) is 0 Å². The first-order chi connectivity index (χ1) is 9.06. The Morgan fingerprint density at radius 2 is 2.05 bits per heavy atom. The summed E-state index contributed by atoms with van der Waals surface area (Å²) in [5.74, 6) is -0.420. The Balaban J connectivity index is 0.00000200. The molecule has 3 N–H and O–H groups in total. The zero-order valence-corrected chi connectivity index (χ0v) is 12.3. The molecule has 0 saturated heterocycles. The summed E-state index contributed by atoms with van der Waals surface area (Å²) in [6.45, 7) is -2.92. The minimum absolute atomic E-state index is 0. The van der Waals surface area contributed by atoms with Crippen LogP contribution < -0.4 is 15.8 Å². The minimum Gasteiger partial charge on any atom is -0.433 e. The van der Waals surface area contributed by atoms with Crippen molar-refractivity contribution < 1.29 is 18.3 Å². The van der Waals surface area contributed by atoms with Crippen molar-refractivity contribution in [3.05, 3.63) is 16.3 Å². The molecule has 1 saturated carbocycles. The van der Waals surface area contributed by atoms with Crippen LogP contribution in [0.1, 0.15) is 35.4 Å². The van der Waals surface area contributed by atoms with Gasteiger partial charge >= 0.3 is 6.61 Å². The van der Waals surface area contributed by atoms with Gasteiger partial charge in [0.05, 0.1) is 0 Å². The highest BCUT2D eigenvalue weighted by molar-refractivity contribution is 7.12. The fourth-order valence-corrected chi connectivity index (χ4v) is 2.89. The van der Waals surface area contributed by atoms with E-state index in [9.17, 15) is 13.6 Å². The standard InChI is InChI=1S/C12H16F2N2O2S.ClH/c13-12(14)18-9-5-6-19-10(9)11(17)16-8-3-1-7(15)2-4-8;/h5-8,12H,1-4,15H2,(H,16,17);1H. The lowest BCUT2D eigenvalue weighted by Gasteiger charge is -2.26. The van der Waals surface area contributed by atoms with Gasteiger partial charge in [0.15, 0.2) is 0 Å². The number of amides is 1. The minimum atomic E-state index is -2.92. The van der Waals surface area contributed by atoms with E-state index < -0.39 is 6.61 Å². The summed E-state index contributed by atoms with van der Waals surface area (Å²) in [6.07, 6.45) is 3.39. The monoisotopic (exact) mass is 326 g/mol. The Kier molecular flexibility index (Phi) is 6.64. The molecule has 1 heterocycles. The van der Waals surface area contributed by atoms with Crippen LogP contribution in [0.5, 0.6) is 5.75 Å². The quantitative estimate of drug-likeness (QED) is 0.894. The number of alkyl halides is 2. The number of thiophene rings is 1. The number of carbonyl (C=O) groups excluding carboxylic acids is 1. The summed E-state index contributed by atoms with van der Waals surface area (Å²) in [4.78, 5) is 12.2. The van der Waals surface area contributed by atoms with Crippen LogP contribution in [0.4, 0.5) is 8.78 Å². The Bertz CT molecular complexity index is 437. The number of nitrogens with two attached hydrogens (primary N) is 1. The topological polar surface area (TPSA) is 64.3 Å². The Labute approximate surface area is 126 Å². The molecule has 1 amide bonds. The molecule has 0 aliphatic heterocycles. The second-order valence-corrected chi connectivity index (χ2v) is 5.49. The van der Waals surface area contributed by atoms with Crippen molar-refractivity contribution >= 4 is 29.7 Å². The molecule has 0 bridgehead atoms. The normalized spacial score (nSPS) is 22.2. The molecule has 2 rings (SSSR count). The lowest BCUT2D eigenvalue weighted by molar-refractivity contribution is -0.0498. The Morgan fingerprint density at radius 3 is 2.65 bits per heavy atom. The number of halogens is 3. The highest BCUT2D eigenvalue weighted by Crippen LogP contribution is 2.27. The van der Waals surface area contributed by atoms with Crippen molar-refractivity contribution in [2.75, 3.05) is 0 Å². The molecule has 0 radical (unpaired) electrons. The highest BCUT2D eigenvalue weighted by Gasteiger charge is 2.23. The van der Waals surface area contributed by atoms with Gasteiger partial charge in [-0.15, -0.1) is 23.7 Å². The van der Waals surface area contributed by atoms with Crippen molar-refractivity contribution in [3.63, 3.8) is 0 Å². The molecule has 114 valence electrons. The lowest BCUT2D eigenvalue weighted by atomic mass is 9.92. The molecule has 0 unspecified atom stereocenters.